The molecule has 0 unspecified atom stereocenters. The van der Waals surface area contributed by atoms with Crippen LogP contribution in [0, 0.1) is 12.7 Å². The second-order valence-corrected chi connectivity index (χ2v) is 5.41. The Morgan fingerprint density at radius 1 is 1.35 bits per heavy atom. The van der Waals surface area contributed by atoms with Crippen LogP contribution in [0.4, 0.5) is 15.2 Å². The van der Waals surface area contributed by atoms with Crippen molar-refractivity contribution >= 4 is 28.1 Å². The summed E-state index contributed by atoms with van der Waals surface area (Å²) in [5, 5.41) is 14.7. The summed E-state index contributed by atoms with van der Waals surface area (Å²) >= 11 is 1.32. The molecule has 1 heterocycles. The molecule has 2 rings (SSSR count). The lowest BCUT2D eigenvalue weighted by Crippen LogP contribution is -2.34. The number of nitrogens with zero attached hydrogens (tertiary/aromatic N) is 2. The van der Waals surface area contributed by atoms with Crippen molar-refractivity contribution in [2.45, 2.75) is 26.3 Å². The summed E-state index contributed by atoms with van der Waals surface area (Å²) in [5.74, 6) is -0.495. The van der Waals surface area contributed by atoms with E-state index in [2.05, 4.69) is 20.8 Å². The molecule has 1 aromatic heterocycles. The largest absolute Gasteiger partial charge is 0.374 e. The summed E-state index contributed by atoms with van der Waals surface area (Å²) in [6.07, 6.45) is 0.598. The molecule has 106 valence electrons. The van der Waals surface area contributed by atoms with Crippen LogP contribution in [-0.2, 0) is 4.79 Å². The molecule has 0 aliphatic rings. The van der Waals surface area contributed by atoms with Gasteiger partial charge in [0.2, 0.25) is 11.0 Å². The fourth-order valence-electron chi connectivity index (χ4n) is 1.64. The first-order valence-electron chi connectivity index (χ1n) is 6.21. The predicted molar refractivity (Wildman–Crippen MR) is 77.4 cm³/mol. The molecule has 20 heavy (non-hydrogen) atoms. The van der Waals surface area contributed by atoms with E-state index in [0.29, 0.717) is 17.2 Å². The van der Waals surface area contributed by atoms with Gasteiger partial charge in [0.05, 0.1) is 0 Å². The zero-order valence-corrected chi connectivity index (χ0v) is 12.0. The van der Waals surface area contributed by atoms with E-state index in [1.165, 1.54) is 23.5 Å². The van der Waals surface area contributed by atoms with Gasteiger partial charge in [0.1, 0.15) is 16.9 Å². The van der Waals surface area contributed by atoms with Gasteiger partial charge < -0.3 is 5.32 Å². The van der Waals surface area contributed by atoms with E-state index in [-0.39, 0.29) is 11.7 Å². The van der Waals surface area contributed by atoms with E-state index >= 15 is 0 Å². The molecule has 0 radical (unpaired) electrons. The standard InChI is InChI=1S/C13H15FN4OS/c1-3-11(15-10-6-4-9(14)5-7-10)12(19)16-13-18-17-8(2)20-13/h4-7,11,15H,3H2,1-2H3,(H,16,18,19)/t11-/m0/s1. The van der Waals surface area contributed by atoms with E-state index in [1.54, 1.807) is 12.1 Å². The van der Waals surface area contributed by atoms with Crippen molar-refractivity contribution < 1.29 is 9.18 Å². The molecule has 2 aromatic rings. The topological polar surface area (TPSA) is 66.9 Å². The Hall–Kier alpha value is -2.02. The van der Waals surface area contributed by atoms with Crippen LogP contribution in [0.5, 0.6) is 0 Å². The van der Waals surface area contributed by atoms with Crippen molar-refractivity contribution in [2.75, 3.05) is 10.6 Å². The monoisotopic (exact) mass is 294 g/mol. The minimum Gasteiger partial charge on any atom is -0.374 e. The highest BCUT2D eigenvalue weighted by Gasteiger charge is 2.17. The van der Waals surface area contributed by atoms with Crippen molar-refractivity contribution in [3.05, 3.63) is 35.1 Å². The first-order valence-corrected chi connectivity index (χ1v) is 7.03. The van der Waals surface area contributed by atoms with Gasteiger partial charge in [0.25, 0.3) is 0 Å². The second kappa shape index (κ2) is 6.42. The summed E-state index contributed by atoms with van der Waals surface area (Å²) in [5.41, 5.74) is 0.696. The number of aryl methyl sites for hydroxylation is 1. The van der Waals surface area contributed by atoms with E-state index in [1.807, 2.05) is 13.8 Å². The number of carbonyl (C=O) groups excluding carboxylic acids is 1. The SMILES string of the molecule is CC[C@H](Nc1ccc(F)cc1)C(=O)Nc1nnc(C)s1. The normalized spacial score (nSPS) is 11.9. The number of nitrogens with one attached hydrogen (secondary N) is 2. The summed E-state index contributed by atoms with van der Waals surface area (Å²) in [4.78, 5) is 12.1. The lowest BCUT2D eigenvalue weighted by Gasteiger charge is -2.16. The lowest BCUT2D eigenvalue weighted by atomic mass is 10.2. The van der Waals surface area contributed by atoms with Crippen LogP contribution in [0.25, 0.3) is 0 Å². The first kappa shape index (κ1) is 14.4. The van der Waals surface area contributed by atoms with Crippen LogP contribution < -0.4 is 10.6 Å². The molecule has 0 saturated carbocycles. The Balaban J connectivity index is 2.00. The van der Waals surface area contributed by atoms with Gasteiger partial charge in [-0.15, -0.1) is 10.2 Å². The van der Waals surface area contributed by atoms with Gasteiger partial charge in [0, 0.05) is 5.69 Å². The number of carbonyl (C=O) groups is 1. The zero-order chi connectivity index (χ0) is 14.5. The minimum absolute atomic E-state index is 0.187. The second-order valence-electron chi connectivity index (χ2n) is 4.23. The van der Waals surface area contributed by atoms with Crippen molar-refractivity contribution in [1.82, 2.24) is 10.2 Å². The van der Waals surface area contributed by atoms with Gasteiger partial charge in [-0.3, -0.25) is 10.1 Å². The molecule has 2 N–H and O–H groups in total. The van der Waals surface area contributed by atoms with E-state index in [4.69, 9.17) is 0 Å². The number of hydrogen-bond acceptors (Lipinski definition) is 5. The van der Waals surface area contributed by atoms with Gasteiger partial charge >= 0.3 is 0 Å². The fraction of sp³-hybridized carbons (Fsp3) is 0.308. The highest BCUT2D eigenvalue weighted by Crippen LogP contribution is 2.16. The van der Waals surface area contributed by atoms with Crippen molar-refractivity contribution in [3.8, 4) is 0 Å². The van der Waals surface area contributed by atoms with Gasteiger partial charge in [-0.2, -0.15) is 0 Å². The first-order chi connectivity index (χ1) is 9.58. The lowest BCUT2D eigenvalue weighted by molar-refractivity contribution is -0.117. The van der Waals surface area contributed by atoms with Gasteiger partial charge in [-0.1, -0.05) is 18.3 Å². The Morgan fingerprint density at radius 2 is 2.05 bits per heavy atom. The third-order valence-electron chi connectivity index (χ3n) is 2.67. The van der Waals surface area contributed by atoms with Crippen LogP contribution >= 0.6 is 11.3 Å². The molecular formula is C13H15FN4OS. The molecule has 0 aliphatic heterocycles. The Kier molecular flexibility index (Phi) is 4.62. The highest BCUT2D eigenvalue weighted by molar-refractivity contribution is 7.15. The maximum absolute atomic E-state index is 12.8. The number of halogens is 1. The third kappa shape index (κ3) is 3.74. The molecule has 0 bridgehead atoms. The minimum atomic E-state index is -0.412. The summed E-state index contributed by atoms with van der Waals surface area (Å²) in [7, 11) is 0. The molecule has 0 aliphatic carbocycles. The average Bonchev–Trinajstić information content (AvgIpc) is 2.83. The number of rotatable bonds is 5. The van der Waals surface area contributed by atoms with Crippen LogP contribution in [0.15, 0.2) is 24.3 Å². The molecule has 5 nitrogen and oxygen atoms in total. The third-order valence-corrected chi connectivity index (χ3v) is 3.42. The Bertz CT molecular complexity index is 584. The predicted octanol–water partition coefficient (Wildman–Crippen LogP) is 2.81. The molecule has 0 fully saturated rings. The quantitative estimate of drug-likeness (QED) is 0.890. The number of aromatic nitrogens is 2. The molecular weight excluding hydrogens is 279 g/mol. The Morgan fingerprint density at radius 3 is 2.60 bits per heavy atom. The van der Waals surface area contributed by atoms with Crippen LogP contribution in [0.3, 0.4) is 0 Å². The number of amides is 1. The Labute approximate surface area is 120 Å². The van der Waals surface area contributed by atoms with Crippen molar-refractivity contribution in [1.29, 1.82) is 0 Å². The number of benzene rings is 1. The van der Waals surface area contributed by atoms with Gasteiger partial charge in [-0.25, -0.2) is 4.39 Å². The van der Waals surface area contributed by atoms with Crippen molar-refractivity contribution in [2.24, 2.45) is 0 Å². The summed E-state index contributed by atoms with van der Waals surface area (Å²) in [6.45, 7) is 3.72. The smallest absolute Gasteiger partial charge is 0.248 e. The fourth-order valence-corrected chi connectivity index (χ4v) is 2.23. The van der Waals surface area contributed by atoms with E-state index in [9.17, 15) is 9.18 Å². The zero-order valence-electron chi connectivity index (χ0n) is 11.2. The summed E-state index contributed by atoms with van der Waals surface area (Å²) in [6, 6.07) is 5.48. The molecule has 1 amide bonds. The van der Waals surface area contributed by atoms with Gasteiger partial charge in [-0.05, 0) is 37.6 Å². The number of anilines is 2. The molecule has 1 aromatic carbocycles. The van der Waals surface area contributed by atoms with E-state index in [0.717, 1.165) is 5.01 Å². The molecule has 1 atom stereocenters. The molecule has 7 heteroatoms. The van der Waals surface area contributed by atoms with Crippen LogP contribution in [-0.4, -0.2) is 22.1 Å². The average molecular weight is 294 g/mol. The maximum atomic E-state index is 12.8. The van der Waals surface area contributed by atoms with Gasteiger partial charge in [0.15, 0.2) is 0 Å². The summed E-state index contributed by atoms with van der Waals surface area (Å²) < 4.78 is 12.8. The number of hydrogen-bond donors (Lipinski definition) is 2. The van der Waals surface area contributed by atoms with E-state index < -0.39 is 6.04 Å². The molecule has 0 spiro atoms. The maximum Gasteiger partial charge on any atom is 0.248 e. The van der Waals surface area contributed by atoms with Crippen LogP contribution in [0.1, 0.15) is 18.4 Å². The molecule has 0 saturated heterocycles. The van der Waals surface area contributed by atoms with Crippen molar-refractivity contribution in [3.63, 3.8) is 0 Å². The van der Waals surface area contributed by atoms with Crippen LogP contribution in [0.2, 0.25) is 0 Å². The highest BCUT2D eigenvalue weighted by atomic mass is 32.1.